The third-order valence-electron chi connectivity index (χ3n) is 3.66. The number of benzene rings is 2. The van der Waals surface area contributed by atoms with Crippen LogP contribution in [0.5, 0.6) is 5.75 Å². The Kier molecular flexibility index (Phi) is 6.30. The molecule has 0 atom stereocenters. The molecule has 1 aliphatic rings. The van der Waals surface area contributed by atoms with Crippen LogP contribution in [-0.4, -0.2) is 32.7 Å². The Labute approximate surface area is 174 Å². The van der Waals surface area contributed by atoms with Crippen LogP contribution in [0.25, 0.3) is 6.08 Å². The van der Waals surface area contributed by atoms with Crippen molar-refractivity contribution in [2.24, 2.45) is 0 Å². The van der Waals surface area contributed by atoms with Crippen molar-refractivity contribution in [2.45, 2.75) is 6.61 Å². The average Bonchev–Trinajstić information content (AvgIpc) is 2.89. The van der Waals surface area contributed by atoms with Crippen LogP contribution in [0.4, 0.5) is 0 Å². The number of amides is 1. The first-order chi connectivity index (χ1) is 12.9. The van der Waals surface area contributed by atoms with E-state index in [1.165, 1.54) is 0 Å². The van der Waals surface area contributed by atoms with Crippen molar-refractivity contribution < 1.29 is 19.4 Å². The van der Waals surface area contributed by atoms with Crippen LogP contribution in [0.1, 0.15) is 11.1 Å². The highest BCUT2D eigenvalue weighted by atomic mass is 79.9. The standard InChI is InChI=1S/C19H14BrNO4S2/c20-14-6-7-15(25-11-12-4-2-1-3-5-12)13(8-14)9-16-18(24)21(10-17(22)23)19(26)27-16/h1-9H,10-11H2,(H,22,23)/b16-9+. The summed E-state index contributed by atoms with van der Waals surface area (Å²) in [5, 5.41) is 8.94. The predicted molar refractivity (Wildman–Crippen MR) is 112 cm³/mol. The van der Waals surface area contributed by atoms with E-state index in [0.717, 1.165) is 26.7 Å². The van der Waals surface area contributed by atoms with Gasteiger partial charge >= 0.3 is 5.97 Å². The fourth-order valence-electron chi connectivity index (χ4n) is 2.41. The minimum Gasteiger partial charge on any atom is -0.488 e. The lowest BCUT2D eigenvalue weighted by Crippen LogP contribution is -2.33. The van der Waals surface area contributed by atoms with Gasteiger partial charge in [0.25, 0.3) is 5.91 Å². The summed E-state index contributed by atoms with van der Waals surface area (Å²) >= 11 is 9.63. The number of carbonyl (C=O) groups excluding carboxylic acids is 1. The maximum absolute atomic E-state index is 12.5. The van der Waals surface area contributed by atoms with E-state index in [1.54, 1.807) is 6.08 Å². The van der Waals surface area contributed by atoms with Gasteiger partial charge in [-0.05, 0) is 29.8 Å². The molecule has 2 aromatic carbocycles. The number of halogens is 1. The van der Waals surface area contributed by atoms with E-state index in [1.807, 2.05) is 48.5 Å². The smallest absolute Gasteiger partial charge is 0.323 e. The second kappa shape index (κ2) is 8.69. The molecule has 138 valence electrons. The highest BCUT2D eigenvalue weighted by molar-refractivity contribution is 9.10. The van der Waals surface area contributed by atoms with Gasteiger partial charge in [0.15, 0.2) is 0 Å². The van der Waals surface area contributed by atoms with E-state index in [2.05, 4.69) is 15.9 Å². The number of thioether (sulfide) groups is 1. The minimum absolute atomic E-state index is 0.232. The van der Waals surface area contributed by atoms with Gasteiger partial charge in [-0.1, -0.05) is 70.2 Å². The number of hydrogen-bond donors (Lipinski definition) is 1. The molecule has 0 saturated carbocycles. The molecule has 2 aromatic rings. The summed E-state index contributed by atoms with van der Waals surface area (Å²) in [5.41, 5.74) is 1.73. The van der Waals surface area contributed by atoms with Crippen molar-refractivity contribution in [3.8, 4) is 5.75 Å². The van der Waals surface area contributed by atoms with E-state index < -0.39 is 18.4 Å². The molecule has 1 N–H and O–H groups in total. The monoisotopic (exact) mass is 463 g/mol. The first-order valence-electron chi connectivity index (χ1n) is 7.87. The average molecular weight is 464 g/mol. The molecule has 0 aromatic heterocycles. The fourth-order valence-corrected chi connectivity index (χ4v) is 4.04. The number of hydrogen-bond acceptors (Lipinski definition) is 5. The summed E-state index contributed by atoms with van der Waals surface area (Å²) in [6, 6.07) is 15.3. The quantitative estimate of drug-likeness (QED) is 0.508. The van der Waals surface area contributed by atoms with Crippen LogP contribution < -0.4 is 4.74 Å². The summed E-state index contributed by atoms with van der Waals surface area (Å²) in [7, 11) is 0. The topological polar surface area (TPSA) is 66.8 Å². The van der Waals surface area contributed by atoms with Gasteiger partial charge in [-0.2, -0.15) is 0 Å². The second-order valence-corrected chi connectivity index (χ2v) is 8.21. The van der Waals surface area contributed by atoms with Crippen LogP contribution >= 0.6 is 39.9 Å². The number of aliphatic carboxylic acids is 1. The Hall–Kier alpha value is -2.16. The van der Waals surface area contributed by atoms with Crippen molar-refractivity contribution in [1.29, 1.82) is 0 Å². The Morgan fingerprint density at radius 3 is 2.70 bits per heavy atom. The molecule has 0 radical (unpaired) electrons. The fraction of sp³-hybridized carbons (Fsp3) is 0.105. The van der Waals surface area contributed by atoms with E-state index in [9.17, 15) is 9.59 Å². The number of rotatable bonds is 6. The molecule has 0 spiro atoms. The Balaban J connectivity index is 1.84. The van der Waals surface area contributed by atoms with E-state index in [-0.39, 0.29) is 4.32 Å². The number of thiocarbonyl (C=S) groups is 1. The summed E-state index contributed by atoms with van der Waals surface area (Å²) < 4.78 is 6.98. The lowest BCUT2D eigenvalue weighted by atomic mass is 10.1. The molecule has 1 saturated heterocycles. The normalized spacial score (nSPS) is 15.4. The maximum atomic E-state index is 12.5. The molecule has 1 heterocycles. The second-order valence-electron chi connectivity index (χ2n) is 5.62. The molecule has 0 aliphatic carbocycles. The molecule has 8 heteroatoms. The van der Waals surface area contributed by atoms with Gasteiger partial charge in [-0.25, -0.2) is 0 Å². The first-order valence-corrected chi connectivity index (χ1v) is 9.89. The molecule has 27 heavy (non-hydrogen) atoms. The van der Waals surface area contributed by atoms with Crippen LogP contribution in [0.2, 0.25) is 0 Å². The highest BCUT2D eigenvalue weighted by Gasteiger charge is 2.33. The van der Waals surface area contributed by atoms with Gasteiger partial charge in [0.05, 0.1) is 4.91 Å². The molecule has 5 nitrogen and oxygen atoms in total. The van der Waals surface area contributed by atoms with Gasteiger partial charge in [0.1, 0.15) is 23.2 Å². The summed E-state index contributed by atoms with van der Waals surface area (Å²) in [5.74, 6) is -0.908. The van der Waals surface area contributed by atoms with Crippen molar-refractivity contribution >= 4 is 62.2 Å². The third kappa shape index (κ3) is 4.97. The molecule has 0 bridgehead atoms. The SMILES string of the molecule is O=C(O)CN1C(=O)/C(=C\c2cc(Br)ccc2OCc2ccccc2)SC1=S. The van der Waals surface area contributed by atoms with Gasteiger partial charge in [0.2, 0.25) is 0 Å². The molecule has 1 aliphatic heterocycles. The van der Waals surface area contributed by atoms with Gasteiger partial charge in [-0.15, -0.1) is 0 Å². The maximum Gasteiger partial charge on any atom is 0.323 e. The molecule has 1 fully saturated rings. The number of carbonyl (C=O) groups is 2. The molecule has 1 amide bonds. The minimum atomic E-state index is -1.11. The number of ether oxygens (including phenoxy) is 1. The highest BCUT2D eigenvalue weighted by Crippen LogP contribution is 2.35. The van der Waals surface area contributed by atoms with Crippen molar-refractivity contribution in [3.05, 3.63) is 69.0 Å². The summed E-state index contributed by atoms with van der Waals surface area (Å²) in [6.45, 7) is -0.0544. The Bertz CT molecular complexity index is 931. The van der Waals surface area contributed by atoms with Crippen molar-refractivity contribution in [2.75, 3.05) is 6.54 Å². The van der Waals surface area contributed by atoms with Gasteiger partial charge < -0.3 is 9.84 Å². The summed E-state index contributed by atoms with van der Waals surface area (Å²) in [4.78, 5) is 24.8. The van der Waals surface area contributed by atoms with Crippen molar-refractivity contribution in [3.63, 3.8) is 0 Å². The van der Waals surface area contributed by atoms with E-state index >= 15 is 0 Å². The molecule has 3 rings (SSSR count). The number of carboxylic acid groups (broad SMARTS) is 1. The lowest BCUT2D eigenvalue weighted by molar-refractivity contribution is -0.140. The van der Waals surface area contributed by atoms with Crippen LogP contribution in [-0.2, 0) is 16.2 Å². The number of carboxylic acids is 1. The van der Waals surface area contributed by atoms with E-state index in [4.69, 9.17) is 22.1 Å². The zero-order chi connectivity index (χ0) is 19.4. The number of nitrogens with zero attached hydrogens (tertiary/aromatic N) is 1. The van der Waals surface area contributed by atoms with Crippen molar-refractivity contribution in [1.82, 2.24) is 4.90 Å². The van der Waals surface area contributed by atoms with Gasteiger partial charge in [0, 0.05) is 10.0 Å². The largest absolute Gasteiger partial charge is 0.488 e. The van der Waals surface area contributed by atoms with Crippen LogP contribution in [0, 0.1) is 0 Å². The third-order valence-corrected chi connectivity index (χ3v) is 5.53. The zero-order valence-corrected chi connectivity index (χ0v) is 17.1. The lowest BCUT2D eigenvalue weighted by Gasteiger charge is -2.11. The molecular formula is C19H14BrNO4S2. The van der Waals surface area contributed by atoms with E-state index in [0.29, 0.717) is 22.8 Å². The summed E-state index contributed by atoms with van der Waals surface area (Å²) in [6.07, 6.45) is 1.67. The van der Waals surface area contributed by atoms with Gasteiger partial charge in [-0.3, -0.25) is 14.5 Å². The predicted octanol–water partition coefficient (Wildman–Crippen LogP) is 4.31. The van der Waals surface area contributed by atoms with Crippen LogP contribution in [0.3, 0.4) is 0 Å². The molecule has 0 unspecified atom stereocenters. The Morgan fingerprint density at radius 2 is 2.00 bits per heavy atom. The molecular weight excluding hydrogens is 450 g/mol. The zero-order valence-electron chi connectivity index (χ0n) is 13.9. The first kappa shape index (κ1) is 19.6. The Morgan fingerprint density at radius 1 is 1.26 bits per heavy atom. The van der Waals surface area contributed by atoms with Crippen LogP contribution in [0.15, 0.2) is 57.9 Å².